The van der Waals surface area contributed by atoms with E-state index in [-0.39, 0.29) is 52.9 Å². The molecule has 0 amide bonds. The van der Waals surface area contributed by atoms with Gasteiger partial charge in [0.25, 0.3) is 5.56 Å². The van der Waals surface area contributed by atoms with Crippen LogP contribution in [0.2, 0.25) is 0 Å². The van der Waals surface area contributed by atoms with Crippen LogP contribution in [0.15, 0.2) is 40.3 Å². The van der Waals surface area contributed by atoms with E-state index >= 15 is 0 Å². The van der Waals surface area contributed by atoms with Crippen molar-refractivity contribution in [1.29, 1.82) is 0 Å². The Morgan fingerprint density at radius 3 is 2.45 bits per heavy atom. The van der Waals surface area contributed by atoms with Gasteiger partial charge in [-0.2, -0.15) is 0 Å². The minimum atomic E-state index is -0.754. The third-order valence-electron chi connectivity index (χ3n) is 5.60. The van der Waals surface area contributed by atoms with Crippen molar-refractivity contribution >= 4 is 11.2 Å². The van der Waals surface area contributed by atoms with Gasteiger partial charge in [-0.3, -0.25) is 13.9 Å². The molecule has 0 saturated heterocycles. The summed E-state index contributed by atoms with van der Waals surface area (Å²) in [6, 6.07) is 2.88. The molecule has 2 aliphatic carbocycles. The van der Waals surface area contributed by atoms with Crippen molar-refractivity contribution in [3.05, 3.63) is 69.0 Å². The summed E-state index contributed by atoms with van der Waals surface area (Å²) in [6.07, 6.45) is 3.42. The molecule has 0 aliphatic heterocycles. The van der Waals surface area contributed by atoms with Crippen LogP contribution in [0, 0.1) is 23.5 Å². The Hall–Kier alpha value is -3.87. The van der Waals surface area contributed by atoms with Gasteiger partial charge < -0.3 is 14.6 Å². The van der Waals surface area contributed by atoms with Gasteiger partial charge in [-0.25, -0.2) is 18.6 Å². The SMILES string of the molecule is C=C(Oc1cc(F)cc(F)c1)N(C)CC#Cc1nc2c([nH]1)c(=O)n(C1CC1)c(=O)n2C1CC1. The first-order valence-corrected chi connectivity index (χ1v) is 10.6. The lowest BCUT2D eigenvalue weighted by atomic mass is 10.3. The van der Waals surface area contributed by atoms with Gasteiger partial charge >= 0.3 is 5.69 Å². The normalized spacial score (nSPS) is 15.2. The molecular weight excluding hydrogens is 432 g/mol. The van der Waals surface area contributed by atoms with Crippen molar-refractivity contribution in [3.8, 4) is 17.6 Å². The number of nitrogens with one attached hydrogen (secondary N) is 1. The first-order chi connectivity index (χ1) is 15.8. The number of halogens is 2. The second kappa shape index (κ2) is 7.92. The van der Waals surface area contributed by atoms with E-state index in [4.69, 9.17) is 4.74 Å². The van der Waals surface area contributed by atoms with Crippen molar-refractivity contribution in [1.82, 2.24) is 24.0 Å². The molecule has 2 aromatic heterocycles. The van der Waals surface area contributed by atoms with E-state index in [1.807, 2.05) is 0 Å². The number of hydrogen-bond donors (Lipinski definition) is 1. The lowest BCUT2D eigenvalue weighted by Gasteiger charge is -2.18. The van der Waals surface area contributed by atoms with Gasteiger partial charge in [-0.15, -0.1) is 0 Å². The maximum Gasteiger partial charge on any atom is 0.333 e. The first-order valence-electron chi connectivity index (χ1n) is 10.6. The smallest absolute Gasteiger partial charge is 0.333 e. The highest BCUT2D eigenvalue weighted by Gasteiger charge is 2.34. The number of aromatic amines is 1. The molecule has 8 nitrogen and oxygen atoms in total. The van der Waals surface area contributed by atoms with Crippen LogP contribution in [0.1, 0.15) is 43.6 Å². The molecule has 3 aromatic rings. The van der Waals surface area contributed by atoms with Gasteiger partial charge in [-0.05, 0) is 38.2 Å². The first kappa shape index (κ1) is 21.0. The van der Waals surface area contributed by atoms with E-state index < -0.39 is 11.6 Å². The number of H-pyrrole nitrogens is 1. The number of ether oxygens (including phenoxy) is 1. The molecule has 2 saturated carbocycles. The molecule has 0 unspecified atom stereocenters. The standard InChI is InChI=1S/C23H21F2N5O3/c1-13(33-18-11-14(24)10-15(25)12-18)28(2)9-3-4-19-26-20-21(27-19)29(16-5-6-16)23(32)30(22(20)31)17-7-8-17/h10-12,16-17H,1,5-9H2,2H3,(H,26,27). The van der Waals surface area contributed by atoms with Crippen molar-refractivity contribution in [2.45, 2.75) is 37.8 Å². The fraction of sp³-hybridized carbons (Fsp3) is 0.348. The molecule has 0 radical (unpaired) electrons. The van der Waals surface area contributed by atoms with Gasteiger partial charge in [-0.1, -0.05) is 5.92 Å². The largest absolute Gasteiger partial charge is 0.442 e. The fourth-order valence-electron chi connectivity index (χ4n) is 3.61. The predicted octanol–water partition coefficient (Wildman–Crippen LogP) is 2.67. The molecule has 5 rings (SSSR count). The van der Waals surface area contributed by atoms with Gasteiger partial charge in [0.05, 0.1) is 6.54 Å². The van der Waals surface area contributed by atoms with Crippen molar-refractivity contribution in [2.24, 2.45) is 0 Å². The van der Waals surface area contributed by atoms with Crippen LogP contribution in [-0.2, 0) is 0 Å². The zero-order valence-electron chi connectivity index (χ0n) is 17.9. The molecule has 10 heteroatoms. The van der Waals surface area contributed by atoms with Crippen molar-refractivity contribution in [2.75, 3.05) is 13.6 Å². The lowest BCUT2D eigenvalue weighted by molar-refractivity contribution is 0.268. The van der Waals surface area contributed by atoms with E-state index in [0.717, 1.165) is 43.9 Å². The maximum atomic E-state index is 13.3. The molecule has 2 heterocycles. The van der Waals surface area contributed by atoms with Crippen LogP contribution in [-0.4, -0.2) is 37.6 Å². The topological polar surface area (TPSA) is 85.2 Å². The Labute approximate surface area is 187 Å². The number of aromatic nitrogens is 4. The Bertz CT molecular complexity index is 1430. The van der Waals surface area contributed by atoms with E-state index in [9.17, 15) is 18.4 Å². The van der Waals surface area contributed by atoms with Gasteiger partial charge in [0.1, 0.15) is 17.4 Å². The highest BCUT2D eigenvalue weighted by molar-refractivity contribution is 5.71. The van der Waals surface area contributed by atoms with Gasteiger partial charge in [0, 0.05) is 37.3 Å². The molecule has 2 fully saturated rings. The summed E-state index contributed by atoms with van der Waals surface area (Å²) in [7, 11) is 1.66. The summed E-state index contributed by atoms with van der Waals surface area (Å²) in [5.74, 6) is 4.66. The zero-order chi connectivity index (χ0) is 23.3. The minimum Gasteiger partial charge on any atom is -0.442 e. The summed E-state index contributed by atoms with van der Waals surface area (Å²) >= 11 is 0. The van der Waals surface area contributed by atoms with Crippen LogP contribution in [0.5, 0.6) is 5.75 Å². The average molecular weight is 453 g/mol. The molecule has 0 atom stereocenters. The molecule has 1 aromatic carbocycles. The number of hydrogen-bond acceptors (Lipinski definition) is 5. The number of nitrogens with zero attached hydrogens (tertiary/aromatic N) is 4. The Balaban J connectivity index is 1.36. The van der Waals surface area contributed by atoms with E-state index in [2.05, 4.69) is 28.4 Å². The molecule has 2 aliphatic rings. The third kappa shape index (κ3) is 4.14. The third-order valence-corrected chi connectivity index (χ3v) is 5.60. The molecular formula is C23H21F2N5O3. The van der Waals surface area contributed by atoms with Gasteiger partial charge in [0.15, 0.2) is 22.9 Å². The monoisotopic (exact) mass is 453 g/mol. The van der Waals surface area contributed by atoms with Crippen LogP contribution in [0.25, 0.3) is 11.2 Å². The average Bonchev–Trinajstić information content (AvgIpc) is 3.66. The second-order valence-corrected chi connectivity index (χ2v) is 8.33. The zero-order valence-corrected chi connectivity index (χ0v) is 17.9. The van der Waals surface area contributed by atoms with Crippen LogP contribution >= 0.6 is 0 Å². The number of fused-ring (bicyclic) bond motifs is 1. The van der Waals surface area contributed by atoms with Crippen LogP contribution in [0.3, 0.4) is 0 Å². The van der Waals surface area contributed by atoms with Crippen molar-refractivity contribution in [3.63, 3.8) is 0 Å². The molecule has 0 bridgehead atoms. The molecule has 170 valence electrons. The Kier molecular flexibility index (Phi) is 5.04. The number of benzene rings is 1. The van der Waals surface area contributed by atoms with Crippen LogP contribution < -0.4 is 16.0 Å². The summed E-state index contributed by atoms with van der Waals surface area (Å²) in [5, 5.41) is 0. The number of rotatable bonds is 6. The summed E-state index contributed by atoms with van der Waals surface area (Å²) in [4.78, 5) is 34.7. The van der Waals surface area contributed by atoms with Crippen LogP contribution in [0.4, 0.5) is 8.78 Å². The summed E-state index contributed by atoms with van der Waals surface area (Å²) in [6.45, 7) is 3.92. The second-order valence-electron chi connectivity index (χ2n) is 8.33. The van der Waals surface area contributed by atoms with Gasteiger partial charge in [0.2, 0.25) is 0 Å². The molecule has 1 N–H and O–H groups in total. The Morgan fingerprint density at radius 2 is 1.82 bits per heavy atom. The highest BCUT2D eigenvalue weighted by Crippen LogP contribution is 2.36. The minimum absolute atomic E-state index is 0.0143. The quantitative estimate of drug-likeness (QED) is 0.458. The number of imidazole rings is 1. The lowest BCUT2D eigenvalue weighted by Crippen LogP contribution is -2.39. The highest BCUT2D eigenvalue weighted by atomic mass is 19.1. The fourth-order valence-corrected chi connectivity index (χ4v) is 3.61. The van der Waals surface area contributed by atoms with E-state index in [1.54, 1.807) is 16.5 Å². The molecule has 33 heavy (non-hydrogen) atoms. The Morgan fingerprint density at radius 1 is 1.18 bits per heavy atom. The summed E-state index contributed by atoms with van der Waals surface area (Å²) < 4.78 is 35.0. The predicted molar refractivity (Wildman–Crippen MR) is 117 cm³/mol. The van der Waals surface area contributed by atoms with E-state index in [1.165, 1.54) is 4.57 Å². The van der Waals surface area contributed by atoms with Crippen molar-refractivity contribution < 1.29 is 13.5 Å². The molecule has 0 spiro atoms. The maximum absolute atomic E-state index is 13.3. The summed E-state index contributed by atoms with van der Waals surface area (Å²) in [5.41, 5.74) is -0.0449. The van der Waals surface area contributed by atoms with E-state index in [0.29, 0.717) is 5.65 Å².